The van der Waals surface area contributed by atoms with Gasteiger partial charge in [0.15, 0.2) is 0 Å². The molecule has 0 spiro atoms. The van der Waals surface area contributed by atoms with E-state index in [0.717, 1.165) is 25.1 Å². The van der Waals surface area contributed by atoms with Crippen LogP contribution in [0.1, 0.15) is 34.9 Å². The van der Waals surface area contributed by atoms with Crippen molar-refractivity contribution in [2.24, 2.45) is 0 Å². The molecule has 0 amide bonds. The van der Waals surface area contributed by atoms with Crippen LogP contribution in [0.3, 0.4) is 0 Å². The summed E-state index contributed by atoms with van der Waals surface area (Å²) in [4.78, 5) is 0. The van der Waals surface area contributed by atoms with E-state index in [0.29, 0.717) is 16.3 Å². The highest BCUT2D eigenvalue weighted by Gasteiger charge is 2.28. The van der Waals surface area contributed by atoms with Gasteiger partial charge in [-0.25, -0.2) is 4.39 Å². The first-order valence-electron chi connectivity index (χ1n) is 7.37. The molecular formula is C18H19BrFN. The van der Waals surface area contributed by atoms with Crippen molar-refractivity contribution in [3.63, 3.8) is 0 Å². The van der Waals surface area contributed by atoms with E-state index in [1.165, 1.54) is 11.1 Å². The predicted molar refractivity (Wildman–Crippen MR) is 88.2 cm³/mol. The summed E-state index contributed by atoms with van der Waals surface area (Å²) < 4.78 is 14.4. The molecule has 0 aliphatic carbocycles. The monoisotopic (exact) mass is 347 g/mol. The van der Waals surface area contributed by atoms with E-state index < -0.39 is 0 Å². The highest BCUT2D eigenvalue weighted by molar-refractivity contribution is 9.10. The lowest BCUT2D eigenvalue weighted by Crippen LogP contribution is -2.34. The molecule has 1 N–H and O–H groups in total. The Kier molecular flexibility index (Phi) is 4.41. The van der Waals surface area contributed by atoms with Crippen molar-refractivity contribution in [2.45, 2.75) is 25.2 Å². The molecule has 2 aromatic rings. The third-order valence-corrected chi connectivity index (χ3v) is 4.97. The summed E-state index contributed by atoms with van der Waals surface area (Å²) in [6.07, 6.45) is 1.04. The first-order valence-corrected chi connectivity index (χ1v) is 8.16. The SMILES string of the molecule is Cc1cccc(C2CNCCC2c2ccc(Br)c(F)c2)c1. The Morgan fingerprint density at radius 3 is 2.67 bits per heavy atom. The minimum absolute atomic E-state index is 0.172. The van der Waals surface area contributed by atoms with Gasteiger partial charge in [-0.05, 0) is 65.0 Å². The normalized spacial score (nSPS) is 22.2. The number of hydrogen-bond acceptors (Lipinski definition) is 1. The molecule has 3 heteroatoms. The van der Waals surface area contributed by atoms with E-state index in [-0.39, 0.29) is 5.82 Å². The van der Waals surface area contributed by atoms with E-state index in [9.17, 15) is 4.39 Å². The number of benzene rings is 2. The fourth-order valence-electron chi connectivity index (χ4n) is 3.25. The fourth-order valence-corrected chi connectivity index (χ4v) is 3.50. The molecule has 1 aliphatic heterocycles. The second-order valence-corrected chi connectivity index (χ2v) is 6.65. The van der Waals surface area contributed by atoms with Crippen LogP contribution >= 0.6 is 15.9 Å². The maximum absolute atomic E-state index is 13.9. The zero-order chi connectivity index (χ0) is 14.8. The summed E-state index contributed by atoms with van der Waals surface area (Å²) in [6, 6.07) is 14.2. The summed E-state index contributed by atoms with van der Waals surface area (Å²) in [6.45, 7) is 4.06. The maximum atomic E-state index is 13.9. The molecule has 2 atom stereocenters. The Morgan fingerprint density at radius 2 is 1.90 bits per heavy atom. The van der Waals surface area contributed by atoms with Gasteiger partial charge in [-0.15, -0.1) is 0 Å². The summed E-state index contributed by atoms with van der Waals surface area (Å²) in [5, 5.41) is 3.48. The van der Waals surface area contributed by atoms with Gasteiger partial charge in [-0.1, -0.05) is 35.9 Å². The third kappa shape index (κ3) is 3.19. The Hall–Kier alpha value is -1.19. The summed E-state index contributed by atoms with van der Waals surface area (Å²) in [5.74, 6) is 0.601. The smallest absolute Gasteiger partial charge is 0.137 e. The van der Waals surface area contributed by atoms with Crippen molar-refractivity contribution in [1.29, 1.82) is 0 Å². The number of hydrogen-bond donors (Lipinski definition) is 1. The van der Waals surface area contributed by atoms with Crippen LogP contribution in [0.5, 0.6) is 0 Å². The second-order valence-electron chi connectivity index (χ2n) is 5.79. The highest BCUT2D eigenvalue weighted by atomic mass is 79.9. The topological polar surface area (TPSA) is 12.0 Å². The van der Waals surface area contributed by atoms with Crippen LogP contribution in [-0.4, -0.2) is 13.1 Å². The Balaban J connectivity index is 1.96. The minimum Gasteiger partial charge on any atom is -0.316 e. The van der Waals surface area contributed by atoms with Gasteiger partial charge in [-0.2, -0.15) is 0 Å². The lowest BCUT2D eigenvalue weighted by atomic mass is 9.77. The van der Waals surface area contributed by atoms with E-state index in [4.69, 9.17) is 0 Å². The largest absolute Gasteiger partial charge is 0.316 e. The molecule has 3 rings (SSSR count). The van der Waals surface area contributed by atoms with Crippen LogP contribution < -0.4 is 5.32 Å². The fraction of sp³-hybridized carbons (Fsp3) is 0.333. The van der Waals surface area contributed by atoms with Gasteiger partial charge < -0.3 is 5.32 Å². The molecule has 1 fully saturated rings. The maximum Gasteiger partial charge on any atom is 0.137 e. The van der Waals surface area contributed by atoms with Gasteiger partial charge in [0.1, 0.15) is 5.82 Å². The molecular weight excluding hydrogens is 329 g/mol. The van der Waals surface area contributed by atoms with Crippen LogP contribution in [0, 0.1) is 12.7 Å². The number of halogens is 2. The van der Waals surface area contributed by atoms with Crippen molar-refractivity contribution in [1.82, 2.24) is 5.32 Å². The molecule has 1 heterocycles. The molecule has 2 unspecified atom stereocenters. The number of piperidine rings is 1. The first-order chi connectivity index (χ1) is 10.1. The molecule has 1 nitrogen and oxygen atoms in total. The van der Waals surface area contributed by atoms with Gasteiger partial charge in [0.2, 0.25) is 0 Å². The van der Waals surface area contributed by atoms with Crippen LogP contribution in [0.25, 0.3) is 0 Å². The molecule has 2 aromatic carbocycles. The summed E-state index contributed by atoms with van der Waals surface area (Å²) in [5.41, 5.74) is 3.72. The van der Waals surface area contributed by atoms with Crippen molar-refractivity contribution in [3.05, 3.63) is 69.4 Å². The van der Waals surface area contributed by atoms with Crippen LogP contribution in [-0.2, 0) is 0 Å². The Bertz CT molecular complexity index is 641. The average Bonchev–Trinajstić information content (AvgIpc) is 2.50. The minimum atomic E-state index is -0.172. The molecule has 0 aromatic heterocycles. The van der Waals surface area contributed by atoms with E-state index >= 15 is 0 Å². The summed E-state index contributed by atoms with van der Waals surface area (Å²) >= 11 is 3.24. The summed E-state index contributed by atoms with van der Waals surface area (Å²) in [7, 11) is 0. The molecule has 110 valence electrons. The second kappa shape index (κ2) is 6.29. The quantitative estimate of drug-likeness (QED) is 0.825. The standard InChI is InChI=1S/C18H19BrFN/c1-12-3-2-4-13(9-12)16-11-21-8-7-15(16)14-5-6-17(19)18(20)10-14/h2-6,9-10,15-16,21H,7-8,11H2,1H3. The zero-order valence-corrected chi connectivity index (χ0v) is 13.7. The molecule has 1 aliphatic rings. The van der Waals surface area contributed by atoms with Gasteiger partial charge in [0, 0.05) is 12.5 Å². The lowest BCUT2D eigenvalue weighted by molar-refractivity contribution is 0.403. The highest BCUT2D eigenvalue weighted by Crippen LogP contribution is 2.38. The van der Waals surface area contributed by atoms with Gasteiger partial charge >= 0.3 is 0 Å². The molecule has 21 heavy (non-hydrogen) atoms. The third-order valence-electron chi connectivity index (χ3n) is 4.32. The predicted octanol–water partition coefficient (Wildman–Crippen LogP) is 4.76. The van der Waals surface area contributed by atoms with Crippen molar-refractivity contribution in [3.8, 4) is 0 Å². The number of rotatable bonds is 2. The first kappa shape index (κ1) is 14.7. The van der Waals surface area contributed by atoms with Crippen molar-refractivity contribution in [2.75, 3.05) is 13.1 Å². The molecule has 1 saturated heterocycles. The Labute approximate surface area is 133 Å². The van der Waals surface area contributed by atoms with Crippen LogP contribution in [0.15, 0.2) is 46.9 Å². The molecule has 0 bridgehead atoms. The van der Waals surface area contributed by atoms with Gasteiger partial charge in [0.05, 0.1) is 4.47 Å². The number of aryl methyl sites for hydroxylation is 1. The average molecular weight is 348 g/mol. The van der Waals surface area contributed by atoms with E-state index in [1.54, 1.807) is 6.07 Å². The van der Waals surface area contributed by atoms with Crippen molar-refractivity contribution < 1.29 is 4.39 Å². The Morgan fingerprint density at radius 1 is 1.10 bits per heavy atom. The van der Waals surface area contributed by atoms with Crippen LogP contribution in [0.4, 0.5) is 4.39 Å². The van der Waals surface area contributed by atoms with Gasteiger partial charge in [-0.3, -0.25) is 0 Å². The van der Waals surface area contributed by atoms with E-state index in [2.05, 4.69) is 52.4 Å². The molecule has 0 saturated carbocycles. The lowest BCUT2D eigenvalue weighted by Gasteiger charge is -2.33. The van der Waals surface area contributed by atoms with Gasteiger partial charge in [0.25, 0.3) is 0 Å². The zero-order valence-electron chi connectivity index (χ0n) is 12.1. The van der Waals surface area contributed by atoms with Crippen molar-refractivity contribution >= 4 is 15.9 Å². The van der Waals surface area contributed by atoms with Crippen LogP contribution in [0.2, 0.25) is 0 Å². The molecule has 0 radical (unpaired) electrons. The van der Waals surface area contributed by atoms with E-state index in [1.807, 2.05) is 12.1 Å². The number of nitrogens with one attached hydrogen (secondary N) is 1.